The van der Waals surface area contributed by atoms with Crippen molar-refractivity contribution in [3.05, 3.63) is 0 Å². The van der Waals surface area contributed by atoms with Crippen LogP contribution in [0.1, 0.15) is 47.5 Å². The number of hydrogen-bond donors (Lipinski definition) is 1. The molecule has 0 aliphatic heterocycles. The first kappa shape index (κ1) is 10.6. The van der Waals surface area contributed by atoms with Crippen molar-refractivity contribution in [2.45, 2.75) is 53.5 Å². The number of nitrogens with one attached hydrogen (secondary N) is 1. The van der Waals surface area contributed by atoms with Crippen molar-refractivity contribution < 1.29 is 4.79 Å². The molecule has 0 saturated heterocycles. The van der Waals surface area contributed by atoms with E-state index in [1.165, 1.54) is 0 Å². The third kappa shape index (κ3) is 2.23. The van der Waals surface area contributed by atoms with Crippen molar-refractivity contribution in [1.29, 1.82) is 0 Å². The first-order valence-corrected chi connectivity index (χ1v) is 5.06. The summed E-state index contributed by atoms with van der Waals surface area (Å²) in [7, 11) is 0. The average molecular weight is 183 g/mol. The molecule has 0 unspecified atom stereocenters. The maximum atomic E-state index is 11.7. The van der Waals surface area contributed by atoms with Crippen LogP contribution >= 0.6 is 0 Å². The van der Waals surface area contributed by atoms with Crippen molar-refractivity contribution in [3.63, 3.8) is 0 Å². The first-order valence-electron chi connectivity index (χ1n) is 5.06. The van der Waals surface area contributed by atoms with Crippen LogP contribution in [-0.4, -0.2) is 11.9 Å². The molecular formula is C11H21NO. The van der Waals surface area contributed by atoms with Gasteiger partial charge in [-0.15, -0.1) is 0 Å². The van der Waals surface area contributed by atoms with Crippen molar-refractivity contribution >= 4 is 5.91 Å². The molecule has 1 aliphatic carbocycles. The summed E-state index contributed by atoms with van der Waals surface area (Å²) in [5.74, 6) is 0.224. The molecular weight excluding hydrogens is 162 g/mol. The van der Waals surface area contributed by atoms with Crippen LogP contribution in [0.5, 0.6) is 0 Å². The molecule has 1 saturated carbocycles. The summed E-state index contributed by atoms with van der Waals surface area (Å²) in [5, 5.41) is 2.98. The minimum absolute atomic E-state index is 0.103. The Morgan fingerprint density at radius 3 is 2.00 bits per heavy atom. The lowest BCUT2D eigenvalue weighted by atomic mass is 9.55. The molecule has 0 heterocycles. The van der Waals surface area contributed by atoms with Gasteiger partial charge in [-0.1, -0.05) is 20.8 Å². The van der Waals surface area contributed by atoms with Gasteiger partial charge in [0.25, 0.3) is 0 Å². The van der Waals surface area contributed by atoms with E-state index in [0.29, 0.717) is 5.41 Å². The van der Waals surface area contributed by atoms with Gasteiger partial charge in [0.2, 0.25) is 5.91 Å². The average Bonchev–Trinajstić information content (AvgIpc) is 1.80. The molecule has 1 fully saturated rings. The van der Waals surface area contributed by atoms with Crippen molar-refractivity contribution in [2.75, 3.05) is 0 Å². The van der Waals surface area contributed by atoms with Gasteiger partial charge in [0, 0.05) is 11.5 Å². The van der Waals surface area contributed by atoms with Crippen LogP contribution in [0.25, 0.3) is 0 Å². The van der Waals surface area contributed by atoms with E-state index in [9.17, 15) is 4.79 Å². The highest BCUT2D eigenvalue weighted by atomic mass is 16.2. The third-order valence-corrected chi connectivity index (χ3v) is 2.71. The molecule has 1 amide bonds. The largest absolute Gasteiger partial charge is 0.353 e. The maximum absolute atomic E-state index is 11.7. The Balaban J connectivity index is 2.50. The lowest BCUT2D eigenvalue weighted by molar-refractivity contribution is -0.143. The van der Waals surface area contributed by atoms with Crippen LogP contribution in [0.4, 0.5) is 0 Å². The zero-order valence-corrected chi connectivity index (χ0v) is 9.40. The fraction of sp³-hybridized carbons (Fsp3) is 0.909. The Morgan fingerprint density at radius 2 is 1.69 bits per heavy atom. The molecule has 0 atom stereocenters. The van der Waals surface area contributed by atoms with Crippen LogP contribution in [-0.2, 0) is 4.79 Å². The number of hydrogen-bond acceptors (Lipinski definition) is 1. The Hall–Kier alpha value is -0.530. The normalized spacial score (nSPS) is 23.8. The molecule has 0 aromatic heterocycles. The molecule has 0 bridgehead atoms. The van der Waals surface area contributed by atoms with E-state index in [1.807, 2.05) is 13.8 Å². The number of carbonyl (C=O) groups is 1. The topological polar surface area (TPSA) is 29.1 Å². The predicted octanol–water partition coefficient (Wildman–Crippen LogP) is 2.34. The fourth-order valence-corrected chi connectivity index (χ4v) is 2.66. The highest BCUT2D eigenvalue weighted by molar-refractivity contribution is 5.83. The molecule has 76 valence electrons. The van der Waals surface area contributed by atoms with Gasteiger partial charge in [0.05, 0.1) is 0 Å². The van der Waals surface area contributed by atoms with Gasteiger partial charge in [-0.2, -0.15) is 0 Å². The van der Waals surface area contributed by atoms with Gasteiger partial charge < -0.3 is 5.32 Å². The second kappa shape index (κ2) is 3.00. The third-order valence-electron chi connectivity index (χ3n) is 2.71. The lowest BCUT2D eigenvalue weighted by Crippen LogP contribution is -2.52. The zero-order chi connectivity index (χ0) is 10.3. The lowest BCUT2D eigenvalue weighted by Gasteiger charge is -2.50. The second-order valence-corrected chi connectivity index (χ2v) is 5.71. The quantitative estimate of drug-likeness (QED) is 0.699. The van der Waals surface area contributed by atoms with Crippen molar-refractivity contribution in [1.82, 2.24) is 5.32 Å². The first-order chi connectivity index (χ1) is 5.75. The zero-order valence-electron chi connectivity index (χ0n) is 9.40. The Kier molecular flexibility index (Phi) is 2.44. The molecule has 2 nitrogen and oxygen atoms in total. The van der Waals surface area contributed by atoms with Crippen molar-refractivity contribution in [2.24, 2.45) is 10.8 Å². The molecule has 0 radical (unpaired) electrons. The maximum Gasteiger partial charge on any atom is 0.226 e. The molecule has 0 spiro atoms. The smallest absolute Gasteiger partial charge is 0.226 e. The monoisotopic (exact) mass is 183 g/mol. The van der Waals surface area contributed by atoms with Crippen LogP contribution < -0.4 is 5.32 Å². The van der Waals surface area contributed by atoms with Crippen LogP contribution in [0.2, 0.25) is 0 Å². The van der Waals surface area contributed by atoms with Gasteiger partial charge >= 0.3 is 0 Å². The molecule has 1 N–H and O–H groups in total. The van der Waals surface area contributed by atoms with E-state index in [1.54, 1.807) is 0 Å². The fourth-order valence-electron chi connectivity index (χ4n) is 2.66. The minimum atomic E-state index is -0.103. The molecule has 2 heteroatoms. The molecule has 1 aliphatic rings. The molecule has 13 heavy (non-hydrogen) atoms. The van der Waals surface area contributed by atoms with E-state index < -0.39 is 0 Å². The predicted molar refractivity (Wildman–Crippen MR) is 54.4 cm³/mol. The summed E-state index contributed by atoms with van der Waals surface area (Å²) >= 11 is 0. The second-order valence-electron chi connectivity index (χ2n) is 5.71. The standard InChI is InChI=1S/C11H21NO/c1-8(2)12-9(13)11(5)6-10(3,4)7-11/h8H,6-7H2,1-5H3,(H,12,13). The molecule has 1 rings (SSSR count). The summed E-state index contributed by atoms with van der Waals surface area (Å²) in [4.78, 5) is 11.7. The SMILES string of the molecule is CC(C)NC(=O)C1(C)CC(C)(C)C1. The molecule has 0 aromatic rings. The van der Waals surface area contributed by atoms with Gasteiger partial charge in [-0.3, -0.25) is 4.79 Å². The highest BCUT2D eigenvalue weighted by Gasteiger charge is 2.50. The van der Waals surface area contributed by atoms with E-state index in [-0.39, 0.29) is 17.4 Å². The number of rotatable bonds is 2. The van der Waals surface area contributed by atoms with E-state index in [2.05, 4.69) is 26.1 Å². The Labute approximate surface area is 81.1 Å². The Morgan fingerprint density at radius 1 is 1.23 bits per heavy atom. The summed E-state index contributed by atoms with van der Waals surface area (Å²) < 4.78 is 0. The number of amides is 1. The van der Waals surface area contributed by atoms with Crippen LogP contribution in [0.3, 0.4) is 0 Å². The molecule has 0 aromatic carbocycles. The Bertz CT molecular complexity index is 210. The van der Waals surface area contributed by atoms with Crippen molar-refractivity contribution in [3.8, 4) is 0 Å². The van der Waals surface area contributed by atoms with Gasteiger partial charge in [-0.25, -0.2) is 0 Å². The van der Waals surface area contributed by atoms with E-state index >= 15 is 0 Å². The number of carbonyl (C=O) groups excluding carboxylic acids is 1. The minimum Gasteiger partial charge on any atom is -0.353 e. The van der Waals surface area contributed by atoms with E-state index in [4.69, 9.17) is 0 Å². The van der Waals surface area contributed by atoms with Gasteiger partial charge in [0.1, 0.15) is 0 Å². The van der Waals surface area contributed by atoms with Crippen LogP contribution in [0.15, 0.2) is 0 Å². The summed E-state index contributed by atoms with van der Waals surface area (Å²) in [6.07, 6.45) is 2.02. The van der Waals surface area contributed by atoms with Crippen LogP contribution in [0, 0.1) is 10.8 Å². The highest BCUT2D eigenvalue weighted by Crippen LogP contribution is 2.53. The van der Waals surface area contributed by atoms with Gasteiger partial charge in [-0.05, 0) is 32.1 Å². The van der Waals surface area contributed by atoms with E-state index in [0.717, 1.165) is 12.8 Å². The summed E-state index contributed by atoms with van der Waals surface area (Å²) in [5.41, 5.74) is 0.261. The summed E-state index contributed by atoms with van der Waals surface area (Å²) in [6, 6.07) is 0.257. The van der Waals surface area contributed by atoms with Gasteiger partial charge in [0.15, 0.2) is 0 Å². The summed E-state index contributed by atoms with van der Waals surface area (Å²) in [6.45, 7) is 10.5.